The topological polar surface area (TPSA) is 182 Å². The zero-order chi connectivity index (χ0) is 32.9. The molecule has 0 aliphatic heterocycles. The Hall–Kier alpha value is -5.06. The summed E-state index contributed by atoms with van der Waals surface area (Å²) in [5.74, 6) is -2.23. The van der Waals surface area contributed by atoms with Crippen LogP contribution >= 0.6 is 0 Å². The molecule has 0 bridgehead atoms. The lowest BCUT2D eigenvalue weighted by atomic mass is 9.97. The van der Waals surface area contributed by atoms with Crippen molar-refractivity contribution < 1.29 is 19.2 Å². The monoisotopic (exact) mass is 622 g/mol. The summed E-state index contributed by atoms with van der Waals surface area (Å²) >= 11 is 0. The van der Waals surface area contributed by atoms with Crippen molar-refractivity contribution in [2.45, 2.75) is 56.8 Å². The van der Waals surface area contributed by atoms with Gasteiger partial charge in [0.15, 0.2) is 0 Å². The van der Waals surface area contributed by atoms with Gasteiger partial charge in [-0.3, -0.25) is 19.2 Å². The van der Waals surface area contributed by atoms with Crippen LogP contribution in [0.4, 0.5) is 0 Å². The summed E-state index contributed by atoms with van der Waals surface area (Å²) in [6.45, 7) is 0.711. The molecule has 0 aliphatic carbocycles. The maximum atomic E-state index is 14.1. The van der Waals surface area contributed by atoms with Gasteiger partial charge in [-0.05, 0) is 65.4 Å². The molecule has 1 unspecified atom stereocenters. The van der Waals surface area contributed by atoms with Crippen molar-refractivity contribution in [3.05, 3.63) is 119 Å². The number of carbonyl (C=O) groups is 4. The molecule has 0 saturated carbocycles. The van der Waals surface area contributed by atoms with Gasteiger partial charge in [0.25, 0.3) is 5.91 Å². The second kappa shape index (κ2) is 16.9. The molecule has 0 radical (unpaired) electrons. The third-order valence-electron chi connectivity index (χ3n) is 7.87. The zero-order valence-corrected chi connectivity index (χ0v) is 25.8. The van der Waals surface area contributed by atoms with Crippen LogP contribution in [-0.2, 0) is 33.8 Å². The molecule has 0 saturated heterocycles. The second-order valence-corrected chi connectivity index (χ2v) is 11.3. The Labute approximate surface area is 269 Å². The Kier molecular flexibility index (Phi) is 12.4. The minimum Gasteiger partial charge on any atom is -0.368 e. The SMILES string of the molecule is NCCCC[C@H](NC(=O)[C@H](Cc1ccccc1)NC(=O)C(Cc1cccc2ccccc12)NC(=O)c1cccc(CN)c1)C(N)=O. The van der Waals surface area contributed by atoms with Crippen molar-refractivity contribution in [3.63, 3.8) is 0 Å². The van der Waals surface area contributed by atoms with E-state index in [-0.39, 0.29) is 19.4 Å². The van der Waals surface area contributed by atoms with Crippen LogP contribution in [0.2, 0.25) is 0 Å². The summed E-state index contributed by atoms with van der Waals surface area (Å²) in [6, 6.07) is 26.7. The van der Waals surface area contributed by atoms with Gasteiger partial charge in [-0.1, -0.05) is 84.9 Å². The molecule has 0 aliphatic rings. The molecule has 0 aromatic heterocycles. The van der Waals surface area contributed by atoms with Gasteiger partial charge in [0.05, 0.1) is 0 Å². The maximum absolute atomic E-state index is 14.1. The number of primary amides is 1. The number of hydrogen-bond acceptors (Lipinski definition) is 6. The quantitative estimate of drug-likeness (QED) is 0.104. The third kappa shape index (κ3) is 9.47. The minimum atomic E-state index is -1.06. The smallest absolute Gasteiger partial charge is 0.251 e. The molecule has 0 heterocycles. The summed E-state index contributed by atoms with van der Waals surface area (Å²) < 4.78 is 0. The van der Waals surface area contributed by atoms with Crippen LogP contribution < -0.4 is 33.2 Å². The molecule has 4 aromatic carbocycles. The second-order valence-electron chi connectivity index (χ2n) is 11.3. The van der Waals surface area contributed by atoms with Gasteiger partial charge in [-0.25, -0.2) is 0 Å². The first kappa shape index (κ1) is 33.8. The van der Waals surface area contributed by atoms with E-state index in [1.165, 1.54) is 0 Å². The zero-order valence-electron chi connectivity index (χ0n) is 25.8. The van der Waals surface area contributed by atoms with E-state index in [9.17, 15) is 19.2 Å². The van der Waals surface area contributed by atoms with Crippen LogP contribution in [0.3, 0.4) is 0 Å². The molecule has 0 spiro atoms. The van der Waals surface area contributed by atoms with E-state index in [1.807, 2.05) is 78.9 Å². The molecule has 3 atom stereocenters. The van der Waals surface area contributed by atoms with Crippen molar-refractivity contribution in [1.29, 1.82) is 0 Å². The van der Waals surface area contributed by atoms with Crippen LogP contribution in [0, 0.1) is 0 Å². The molecule has 46 heavy (non-hydrogen) atoms. The highest BCUT2D eigenvalue weighted by atomic mass is 16.2. The predicted molar refractivity (Wildman–Crippen MR) is 179 cm³/mol. The Morgan fingerprint density at radius 3 is 1.98 bits per heavy atom. The predicted octanol–water partition coefficient (Wildman–Crippen LogP) is 2.47. The van der Waals surface area contributed by atoms with Gasteiger partial charge in [0.1, 0.15) is 18.1 Å². The summed E-state index contributed by atoms with van der Waals surface area (Å²) in [7, 11) is 0. The average molecular weight is 623 g/mol. The van der Waals surface area contributed by atoms with Gasteiger partial charge in [-0.15, -0.1) is 0 Å². The van der Waals surface area contributed by atoms with E-state index in [0.717, 1.165) is 27.5 Å². The van der Waals surface area contributed by atoms with Crippen molar-refractivity contribution in [2.75, 3.05) is 6.54 Å². The van der Waals surface area contributed by atoms with Gasteiger partial charge in [0, 0.05) is 24.9 Å². The molecule has 10 nitrogen and oxygen atoms in total. The van der Waals surface area contributed by atoms with E-state index in [1.54, 1.807) is 18.2 Å². The minimum absolute atomic E-state index is 0.153. The number of benzene rings is 4. The fourth-order valence-corrected chi connectivity index (χ4v) is 5.36. The number of fused-ring (bicyclic) bond motifs is 1. The normalized spacial score (nSPS) is 12.9. The molecule has 9 N–H and O–H groups in total. The molecule has 4 rings (SSSR count). The Morgan fingerprint density at radius 1 is 0.630 bits per heavy atom. The molecular formula is C36H42N6O4. The molecule has 240 valence electrons. The van der Waals surface area contributed by atoms with Crippen LogP contribution in [0.15, 0.2) is 97.1 Å². The van der Waals surface area contributed by atoms with Gasteiger partial charge >= 0.3 is 0 Å². The van der Waals surface area contributed by atoms with Gasteiger partial charge in [-0.2, -0.15) is 0 Å². The number of amides is 4. The lowest BCUT2D eigenvalue weighted by Crippen LogP contribution is -2.57. The van der Waals surface area contributed by atoms with Crippen LogP contribution in [0.25, 0.3) is 10.8 Å². The molecule has 10 heteroatoms. The lowest BCUT2D eigenvalue weighted by molar-refractivity contribution is -0.132. The van der Waals surface area contributed by atoms with Crippen molar-refractivity contribution in [2.24, 2.45) is 17.2 Å². The van der Waals surface area contributed by atoms with Crippen LogP contribution in [0.1, 0.15) is 46.3 Å². The highest BCUT2D eigenvalue weighted by molar-refractivity contribution is 5.99. The average Bonchev–Trinajstić information content (AvgIpc) is 3.07. The first-order valence-corrected chi connectivity index (χ1v) is 15.5. The first-order chi connectivity index (χ1) is 22.3. The highest BCUT2D eigenvalue weighted by Crippen LogP contribution is 2.20. The summed E-state index contributed by atoms with van der Waals surface area (Å²) in [5, 5.41) is 10.4. The maximum Gasteiger partial charge on any atom is 0.251 e. The number of rotatable bonds is 16. The third-order valence-corrected chi connectivity index (χ3v) is 7.87. The number of unbranched alkanes of at least 4 members (excludes halogenated alkanes) is 1. The lowest BCUT2D eigenvalue weighted by Gasteiger charge is -2.25. The Bertz CT molecular complexity index is 1640. The summed E-state index contributed by atoms with van der Waals surface area (Å²) in [4.78, 5) is 53.4. The van der Waals surface area contributed by atoms with E-state index in [0.29, 0.717) is 31.4 Å². The fraction of sp³-hybridized carbons (Fsp3) is 0.278. The number of carbonyl (C=O) groups excluding carboxylic acids is 4. The first-order valence-electron chi connectivity index (χ1n) is 15.5. The fourth-order valence-electron chi connectivity index (χ4n) is 5.36. The van der Waals surface area contributed by atoms with E-state index < -0.39 is 41.8 Å². The van der Waals surface area contributed by atoms with Gasteiger partial charge < -0.3 is 33.2 Å². The number of nitrogens with two attached hydrogens (primary N) is 3. The van der Waals surface area contributed by atoms with Crippen molar-refractivity contribution in [1.82, 2.24) is 16.0 Å². The van der Waals surface area contributed by atoms with E-state index in [4.69, 9.17) is 17.2 Å². The standard InChI is InChI=1S/C36H42N6O4/c37-19-7-6-18-30(33(39)43)40-35(45)31(21-24-10-2-1-3-11-24)42-36(46)32(41-34(44)28-16-8-12-25(20-28)23-38)22-27-15-9-14-26-13-4-5-17-29(26)27/h1-5,8-17,20,30-32H,6-7,18-19,21-23,37-38H2,(H2,39,43)(H,40,45)(H,41,44)(H,42,46)/t30-,31-,32?/m0/s1. The van der Waals surface area contributed by atoms with E-state index >= 15 is 0 Å². The van der Waals surface area contributed by atoms with Crippen LogP contribution in [0.5, 0.6) is 0 Å². The van der Waals surface area contributed by atoms with E-state index in [2.05, 4.69) is 16.0 Å². The Balaban J connectivity index is 1.63. The Morgan fingerprint density at radius 2 is 1.26 bits per heavy atom. The molecule has 4 aromatic rings. The molecular weight excluding hydrogens is 580 g/mol. The largest absolute Gasteiger partial charge is 0.368 e. The van der Waals surface area contributed by atoms with Crippen LogP contribution in [-0.4, -0.2) is 48.3 Å². The summed E-state index contributed by atoms with van der Waals surface area (Å²) in [6.07, 6.45) is 1.92. The number of nitrogens with one attached hydrogen (secondary N) is 3. The van der Waals surface area contributed by atoms with Gasteiger partial charge in [0.2, 0.25) is 17.7 Å². The molecule has 4 amide bonds. The highest BCUT2D eigenvalue weighted by Gasteiger charge is 2.30. The van der Waals surface area contributed by atoms with Crippen molar-refractivity contribution >= 4 is 34.4 Å². The molecule has 0 fully saturated rings. The number of hydrogen-bond donors (Lipinski definition) is 6. The summed E-state index contributed by atoms with van der Waals surface area (Å²) in [5.41, 5.74) is 19.8. The van der Waals surface area contributed by atoms with Crippen molar-refractivity contribution in [3.8, 4) is 0 Å².